The fraction of sp³-hybridized carbons (Fsp3) is 0.294. The zero-order chi connectivity index (χ0) is 16.7. The summed E-state index contributed by atoms with van der Waals surface area (Å²) in [5.74, 6) is 0.0538. The molecular weight excluding hydrogens is 360 g/mol. The molecule has 23 heavy (non-hydrogen) atoms. The maximum absolute atomic E-state index is 11.7. The van der Waals surface area contributed by atoms with Gasteiger partial charge in [-0.3, -0.25) is 9.59 Å². The minimum absolute atomic E-state index is 0.0406. The van der Waals surface area contributed by atoms with Crippen LogP contribution < -0.4 is 15.4 Å². The van der Waals surface area contributed by atoms with E-state index in [4.69, 9.17) is 4.74 Å². The predicted octanol–water partition coefficient (Wildman–Crippen LogP) is 2.62. The standard InChI is InChI=1S/C17H19BrN2O3/c1-2-9-19-15(21)10-20-16(22)11-23-14-8-7-12-5-3-4-6-13(12)17(14)18/h3-8H,2,9-11H2,1H3,(H,19,21)(H,20,22). The highest BCUT2D eigenvalue weighted by Crippen LogP contribution is 2.32. The fourth-order valence-electron chi connectivity index (χ4n) is 2.03. The van der Waals surface area contributed by atoms with Crippen LogP contribution in [0.25, 0.3) is 10.8 Å². The number of benzene rings is 2. The van der Waals surface area contributed by atoms with E-state index in [9.17, 15) is 9.59 Å². The van der Waals surface area contributed by atoms with Crippen molar-refractivity contribution in [2.45, 2.75) is 13.3 Å². The maximum atomic E-state index is 11.7. The number of ether oxygens (including phenoxy) is 1. The number of hydrogen-bond acceptors (Lipinski definition) is 3. The summed E-state index contributed by atoms with van der Waals surface area (Å²) in [5, 5.41) is 7.32. The van der Waals surface area contributed by atoms with Crippen LogP contribution in [-0.2, 0) is 9.59 Å². The Balaban J connectivity index is 1.87. The molecule has 0 fully saturated rings. The molecule has 6 heteroatoms. The molecule has 122 valence electrons. The van der Waals surface area contributed by atoms with E-state index >= 15 is 0 Å². The zero-order valence-electron chi connectivity index (χ0n) is 12.9. The Labute approximate surface area is 143 Å². The van der Waals surface area contributed by atoms with Gasteiger partial charge in [0.25, 0.3) is 5.91 Å². The van der Waals surface area contributed by atoms with Crippen molar-refractivity contribution in [1.82, 2.24) is 10.6 Å². The van der Waals surface area contributed by atoms with Crippen molar-refractivity contribution in [2.75, 3.05) is 19.7 Å². The largest absolute Gasteiger partial charge is 0.483 e. The number of fused-ring (bicyclic) bond motifs is 1. The highest BCUT2D eigenvalue weighted by molar-refractivity contribution is 9.10. The monoisotopic (exact) mass is 378 g/mol. The summed E-state index contributed by atoms with van der Waals surface area (Å²) in [6.07, 6.45) is 0.860. The SMILES string of the molecule is CCCNC(=O)CNC(=O)COc1ccc2ccccc2c1Br. The average Bonchev–Trinajstić information content (AvgIpc) is 2.57. The number of halogens is 1. The van der Waals surface area contributed by atoms with Gasteiger partial charge in [-0.2, -0.15) is 0 Å². The molecule has 0 aromatic heterocycles. The second kappa shape index (κ2) is 8.53. The van der Waals surface area contributed by atoms with Crippen LogP contribution in [-0.4, -0.2) is 31.5 Å². The molecule has 0 saturated heterocycles. The Kier molecular flexibility index (Phi) is 6.40. The average molecular weight is 379 g/mol. The molecule has 2 aromatic carbocycles. The summed E-state index contributed by atoms with van der Waals surface area (Å²) in [6, 6.07) is 11.6. The van der Waals surface area contributed by atoms with E-state index in [1.807, 2.05) is 43.3 Å². The van der Waals surface area contributed by atoms with E-state index in [0.29, 0.717) is 12.3 Å². The van der Waals surface area contributed by atoms with Gasteiger partial charge in [0, 0.05) is 6.54 Å². The first-order valence-corrected chi connectivity index (χ1v) is 8.24. The number of carbonyl (C=O) groups is 2. The normalized spacial score (nSPS) is 10.3. The van der Waals surface area contributed by atoms with Crippen LogP contribution in [0.5, 0.6) is 5.75 Å². The van der Waals surface area contributed by atoms with E-state index < -0.39 is 0 Å². The highest BCUT2D eigenvalue weighted by atomic mass is 79.9. The third-order valence-corrected chi connectivity index (χ3v) is 4.02. The lowest BCUT2D eigenvalue weighted by molar-refractivity contribution is -0.127. The first kappa shape index (κ1) is 17.3. The molecule has 2 rings (SSSR count). The molecule has 0 aliphatic heterocycles. The molecule has 2 aromatic rings. The zero-order valence-corrected chi connectivity index (χ0v) is 14.5. The molecule has 2 N–H and O–H groups in total. The summed E-state index contributed by atoms with van der Waals surface area (Å²) in [6.45, 7) is 2.39. The van der Waals surface area contributed by atoms with Gasteiger partial charge in [0.15, 0.2) is 6.61 Å². The molecule has 0 unspecified atom stereocenters. The van der Waals surface area contributed by atoms with E-state index in [2.05, 4.69) is 26.6 Å². The molecule has 5 nitrogen and oxygen atoms in total. The number of rotatable bonds is 7. The van der Waals surface area contributed by atoms with Crippen molar-refractivity contribution < 1.29 is 14.3 Å². The number of amides is 2. The van der Waals surface area contributed by atoms with Crippen LogP contribution in [0.1, 0.15) is 13.3 Å². The highest BCUT2D eigenvalue weighted by Gasteiger charge is 2.09. The van der Waals surface area contributed by atoms with Gasteiger partial charge in [-0.25, -0.2) is 0 Å². The summed E-state index contributed by atoms with van der Waals surface area (Å²) in [5.41, 5.74) is 0. The molecule has 0 bridgehead atoms. The van der Waals surface area contributed by atoms with Crippen molar-refractivity contribution in [1.29, 1.82) is 0 Å². The summed E-state index contributed by atoms with van der Waals surface area (Å²) in [7, 11) is 0. The van der Waals surface area contributed by atoms with Crippen molar-refractivity contribution in [2.24, 2.45) is 0 Å². The second-order valence-electron chi connectivity index (χ2n) is 5.01. The topological polar surface area (TPSA) is 67.4 Å². The quantitative estimate of drug-likeness (QED) is 0.777. The van der Waals surface area contributed by atoms with Gasteiger partial charge >= 0.3 is 0 Å². The van der Waals surface area contributed by atoms with Crippen LogP contribution in [0.15, 0.2) is 40.9 Å². The third-order valence-electron chi connectivity index (χ3n) is 3.20. The lowest BCUT2D eigenvalue weighted by Gasteiger charge is -2.10. The summed E-state index contributed by atoms with van der Waals surface area (Å²) in [4.78, 5) is 23.1. The minimum Gasteiger partial charge on any atom is -0.483 e. The minimum atomic E-state index is -0.336. The molecule has 0 saturated carbocycles. The van der Waals surface area contributed by atoms with Gasteiger partial charge in [-0.1, -0.05) is 37.3 Å². The Morgan fingerprint density at radius 2 is 1.87 bits per heavy atom. The molecule has 0 heterocycles. The second-order valence-corrected chi connectivity index (χ2v) is 5.81. The molecular formula is C17H19BrN2O3. The van der Waals surface area contributed by atoms with Crippen LogP contribution >= 0.6 is 15.9 Å². The third kappa shape index (κ3) is 4.96. The van der Waals surface area contributed by atoms with E-state index in [1.165, 1.54) is 0 Å². The summed E-state index contributed by atoms with van der Waals surface area (Å²) >= 11 is 3.50. The molecule has 0 aliphatic carbocycles. The van der Waals surface area contributed by atoms with Gasteiger partial charge in [-0.15, -0.1) is 0 Å². The summed E-state index contributed by atoms with van der Waals surface area (Å²) < 4.78 is 6.34. The van der Waals surface area contributed by atoms with E-state index in [0.717, 1.165) is 21.7 Å². The fourth-order valence-corrected chi connectivity index (χ4v) is 2.63. The number of nitrogens with one attached hydrogen (secondary N) is 2. The predicted molar refractivity (Wildman–Crippen MR) is 93.5 cm³/mol. The molecule has 0 spiro atoms. The van der Waals surface area contributed by atoms with Crippen LogP contribution in [0.3, 0.4) is 0 Å². The Morgan fingerprint density at radius 3 is 2.65 bits per heavy atom. The van der Waals surface area contributed by atoms with Gasteiger partial charge in [0.1, 0.15) is 5.75 Å². The van der Waals surface area contributed by atoms with Gasteiger partial charge in [-0.05, 0) is 39.2 Å². The molecule has 2 amide bonds. The smallest absolute Gasteiger partial charge is 0.258 e. The van der Waals surface area contributed by atoms with E-state index in [-0.39, 0.29) is 25.0 Å². The first-order valence-electron chi connectivity index (χ1n) is 7.45. The number of carbonyl (C=O) groups excluding carboxylic acids is 2. The lowest BCUT2D eigenvalue weighted by atomic mass is 10.1. The Bertz CT molecular complexity index is 703. The van der Waals surface area contributed by atoms with Crippen LogP contribution in [0.2, 0.25) is 0 Å². The molecule has 0 aliphatic rings. The Hall–Kier alpha value is -2.08. The van der Waals surface area contributed by atoms with Crippen molar-refractivity contribution >= 4 is 38.5 Å². The number of hydrogen-bond donors (Lipinski definition) is 2. The maximum Gasteiger partial charge on any atom is 0.258 e. The van der Waals surface area contributed by atoms with E-state index in [1.54, 1.807) is 0 Å². The van der Waals surface area contributed by atoms with Crippen LogP contribution in [0, 0.1) is 0 Å². The molecule has 0 atom stereocenters. The molecule has 0 radical (unpaired) electrons. The van der Waals surface area contributed by atoms with Crippen molar-refractivity contribution in [3.8, 4) is 5.75 Å². The first-order chi connectivity index (χ1) is 11.1. The lowest BCUT2D eigenvalue weighted by Crippen LogP contribution is -2.39. The van der Waals surface area contributed by atoms with Gasteiger partial charge in [0.05, 0.1) is 11.0 Å². The van der Waals surface area contributed by atoms with Crippen LogP contribution in [0.4, 0.5) is 0 Å². The van der Waals surface area contributed by atoms with Gasteiger partial charge in [0.2, 0.25) is 5.91 Å². The van der Waals surface area contributed by atoms with Crippen molar-refractivity contribution in [3.63, 3.8) is 0 Å². The van der Waals surface area contributed by atoms with Gasteiger partial charge < -0.3 is 15.4 Å². The Morgan fingerprint density at radius 1 is 1.09 bits per heavy atom. The van der Waals surface area contributed by atoms with Crippen molar-refractivity contribution in [3.05, 3.63) is 40.9 Å².